The summed E-state index contributed by atoms with van der Waals surface area (Å²) < 4.78 is 52.1. The molecule has 2 aliphatic heterocycles. The highest BCUT2D eigenvalue weighted by atomic mass is 35.5. The first-order valence-electron chi connectivity index (χ1n) is 12.8. The number of alkyl halides is 3. The fourth-order valence-corrected chi connectivity index (χ4v) is 5.02. The van der Waals surface area contributed by atoms with Gasteiger partial charge in [-0.15, -0.1) is 4.99 Å². The second kappa shape index (κ2) is 12.2. The van der Waals surface area contributed by atoms with Crippen molar-refractivity contribution < 1.29 is 22.6 Å². The van der Waals surface area contributed by atoms with Crippen LogP contribution in [0.1, 0.15) is 17.2 Å². The molecule has 2 fully saturated rings. The van der Waals surface area contributed by atoms with Gasteiger partial charge in [-0.25, -0.2) is 0 Å². The normalized spacial score (nSPS) is 19.2. The zero-order valence-corrected chi connectivity index (χ0v) is 22.3. The van der Waals surface area contributed by atoms with Crippen LogP contribution in [-0.4, -0.2) is 61.7 Å². The molecule has 7 nitrogen and oxygen atoms in total. The van der Waals surface area contributed by atoms with Gasteiger partial charge in [0.15, 0.2) is 0 Å². The quantitative estimate of drug-likeness (QED) is 0.317. The number of rotatable bonds is 7. The lowest BCUT2D eigenvalue weighted by Gasteiger charge is -2.29. The van der Waals surface area contributed by atoms with Crippen LogP contribution in [0.25, 0.3) is 0 Å². The summed E-state index contributed by atoms with van der Waals surface area (Å²) in [6.07, 6.45) is -2.58. The van der Waals surface area contributed by atoms with Gasteiger partial charge < -0.3 is 19.3 Å². The average Bonchev–Trinajstić information content (AvgIpc) is 3.32. The SMILES string of the molecule is N#C/N=C1\N(CCN2CCOCC2)CC(c2cccc(C(F)(F)F)c2)N1c1ccc(Oc2ccc(Cl)cc2)cc1. The molecule has 0 radical (unpaired) electrons. The lowest BCUT2D eigenvalue weighted by molar-refractivity contribution is -0.137. The van der Waals surface area contributed by atoms with Crippen LogP contribution in [0.15, 0.2) is 77.8 Å². The van der Waals surface area contributed by atoms with Crippen molar-refractivity contribution in [1.82, 2.24) is 9.80 Å². The second-order valence-electron chi connectivity index (χ2n) is 9.47. The smallest absolute Gasteiger partial charge is 0.416 e. The number of morpholine rings is 1. The Hall–Kier alpha value is -3.78. The van der Waals surface area contributed by atoms with Crippen molar-refractivity contribution >= 4 is 23.2 Å². The van der Waals surface area contributed by atoms with E-state index in [1.807, 2.05) is 28.1 Å². The summed E-state index contributed by atoms with van der Waals surface area (Å²) in [5, 5.41) is 10.2. The van der Waals surface area contributed by atoms with Gasteiger partial charge in [-0.3, -0.25) is 4.90 Å². The molecule has 208 valence electrons. The maximum absolute atomic E-state index is 13.6. The number of aliphatic imine (C=N–C) groups is 1. The monoisotopic (exact) mass is 569 g/mol. The Balaban J connectivity index is 1.46. The zero-order chi connectivity index (χ0) is 28.1. The minimum atomic E-state index is -4.47. The van der Waals surface area contributed by atoms with E-state index in [0.717, 1.165) is 19.2 Å². The van der Waals surface area contributed by atoms with E-state index in [1.165, 1.54) is 12.1 Å². The molecule has 5 rings (SSSR count). The molecule has 40 heavy (non-hydrogen) atoms. The molecule has 3 aromatic rings. The van der Waals surface area contributed by atoms with E-state index in [9.17, 15) is 18.4 Å². The van der Waals surface area contributed by atoms with Crippen LogP contribution < -0.4 is 9.64 Å². The van der Waals surface area contributed by atoms with Crippen molar-refractivity contribution in [3.63, 3.8) is 0 Å². The van der Waals surface area contributed by atoms with Crippen LogP contribution in [0.2, 0.25) is 5.02 Å². The molecule has 1 atom stereocenters. The van der Waals surface area contributed by atoms with Crippen LogP contribution in [-0.2, 0) is 10.9 Å². The van der Waals surface area contributed by atoms with Crippen molar-refractivity contribution in [2.75, 3.05) is 50.8 Å². The van der Waals surface area contributed by atoms with E-state index in [4.69, 9.17) is 21.1 Å². The second-order valence-corrected chi connectivity index (χ2v) is 9.91. The number of anilines is 1. The number of halogens is 4. The van der Waals surface area contributed by atoms with Gasteiger partial charge >= 0.3 is 6.18 Å². The van der Waals surface area contributed by atoms with E-state index in [2.05, 4.69) is 9.89 Å². The van der Waals surface area contributed by atoms with E-state index in [0.29, 0.717) is 66.6 Å². The van der Waals surface area contributed by atoms with Gasteiger partial charge in [0.25, 0.3) is 0 Å². The van der Waals surface area contributed by atoms with Gasteiger partial charge in [-0.1, -0.05) is 23.7 Å². The molecule has 0 saturated carbocycles. The highest BCUT2D eigenvalue weighted by Crippen LogP contribution is 2.38. The number of nitriles is 1. The van der Waals surface area contributed by atoms with E-state index >= 15 is 0 Å². The fourth-order valence-electron chi connectivity index (χ4n) is 4.90. The predicted octanol–water partition coefficient (Wildman–Crippen LogP) is 6.18. The summed E-state index contributed by atoms with van der Waals surface area (Å²) in [6, 6.07) is 19.0. The molecule has 0 amide bonds. The molecule has 0 bridgehead atoms. The molecule has 0 aliphatic carbocycles. The summed E-state index contributed by atoms with van der Waals surface area (Å²) in [7, 11) is 0. The van der Waals surface area contributed by atoms with E-state index < -0.39 is 17.8 Å². The summed E-state index contributed by atoms with van der Waals surface area (Å²) in [5.74, 6) is 1.58. The Morgan fingerprint density at radius 3 is 2.30 bits per heavy atom. The number of nitrogens with zero attached hydrogens (tertiary/aromatic N) is 5. The molecular weight excluding hydrogens is 543 g/mol. The first kappa shape index (κ1) is 27.8. The third-order valence-corrected chi connectivity index (χ3v) is 7.16. The van der Waals surface area contributed by atoms with Crippen molar-refractivity contribution in [2.24, 2.45) is 4.99 Å². The van der Waals surface area contributed by atoms with Crippen molar-refractivity contribution in [3.05, 3.63) is 88.9 Å². The number of benzene rings is 3. The molecule has 0 spiro atoms. The zero-order valence-electron chi connectivity index (χ0n) is 21.5. The standard InChI is InChI=1S/C29H27ClF3N5O2/c30-23-4-8-25(9-5-23)40-26-10-6-24(7-11-26)38-27(21-2-1-3-22(18-21)29(31,32)33)19-37(28(38)35-20-34)13-12-36-14-16-39-17-15-36/h1-11,18,27H,12-17,19H2/b35-28+. The van der Waals surface area contributed by atoms with Gasteiger partial charge in [0.1, 0.15) is 11.5 Å². The van der Waals surface area contributed by atoms with Crippen LogP contribution in [0, 0.1) is 11.5 Å². The van der Waals surface area contributed by atoms with Crippen molar-refractivity contribution in [2.45, 2.75) is 12.2 Å². The molecule has 0 aromatic heterocycles. The Kier molecular flexibility index (Phi) is 8.45. The van der Waals surface area contributed by atoms with Crippen LogP contribution in [0.5, 0.6) is 11.5 Å². The van der Waals surface area contributed by atoms with Gasteiger partial charge in [0.2, 0.25) is 12.2 Å². The highest BCUT2D eigenvalue weighted by Gasteiger charge is 2.39. The van der Waals surface area contributed by atoms with Crippen LogP contribution in [0.3, 0.4) is 0 Å². The van der Waals surface area contributed by atoms with Gasteiger partial charge in [-0.05, 0) is 66.2 Å². The van der Waals surface area contributed by atoms with E-state index in [-0.39, 0.29) is 0 Å². The Bertz CT molecular complexity index is 1370. The summed E-state index contributed by atoms with van der Waals surface area (Å²) in [6.45, 7) is 4.55. The highest BCUT2D eigenvalue weighted by molar-refractivity contribution is 6.30. The Labute approximate surface area is 235 Å². The molecule has 2 aliphatic rings. The first-order chi connectivity index (χ1) is 19.3. The number of guanidine groups is 1. The molecule has 0 N–H and O–H groups in total. The summed E-state index contributed by atoms with van der Waals surface area (Å²) in [4.78, 5) is 10.2. The van der Waals surface area contributed by atoms with Gasteiger partial charge in [0, 0.05) is 43.4 Å². The lowest BCUT2D eigenvalue weighted by atomic mass is 10.0. The molecular formula is C29H27ClF3N5O2. The topological polar surface area (TPSA) is 64.3 Å². The Morgan fingerprint density at radius 1 is 0.975 bits per heavy atom. The number of hydrogen-bond acceptors (Lipinski definition) is 5. The molecule has 2 saturated heterocycles. The average molecular weight is 570 g/mol. The van der Waals surface area contributed by atoms with Gasteiger partial charge in [0.05, 0.1) is 24.8 Å². The number of ether oxygens (including phenoxy) is 2. The van der Waals surface area contributed by atoms with Gasteiger partial charge in [-0.2, -0.15) is 18.4 Å². The molecule has 11 heteroatoms. The summed E-state index contributed by atoms with van der Waals surface area (Å²) in [5.41, 5.74) is 0.437. The summed E-state index contributed by atoms with van der Waals surface area (Å²) >= 11 is 5.95. The maximum atomic E-state index is 13.6. The lowest BCUT2D eigenvalue weighted by Crippen LogP contribution is -2.43. The third kappa shape index (κ3) is 6.50. The maximum Gasteiger partial charge on any atom is 0.416 e. The van der Waals surface area contributed by atoms with Crippen molar-refractivity contribution in [1.29, 1.82) is 5.26 Å². The molecule has 1 unspecified atom stereocenters. The predicted molar refractivity (Wildman–Crippen MR) is 147 cm³/mol. The van der Waals surface area contributed by atoms with Crippen LogP contribution >= 0.6 is 11.6 Å². The van der Waals surface area contributed by atoms with Crippen molar-refractivity contribution in [3.8, 4) is 17.7 Å². The molecule has 3 aromatic carbocycles. The first-order valence-corrected chi connectivity index (χ1v) is 13.2. The Morgan fingerprint density at radius 2 is 1.65 bits per heavy atom. The minimum absolute atomic E-state index is 0.370. The van der Waals surface area contributed by atoms with E-state index in [1.54, 1.807) is 42.5 Å². The number of hydrogen-bond donors (Lipinski definition) is 0. The van der Waals surface area contributed by atoms with Crippen LogP contribution in [0.4, 0.5) is 18.9 Å². The third-order valence-electron chi connectivity index (χ3n) is 6.91. The molecule has 2 heterocycles. The fraction of sp³-hybridized carbons (Fsp3) is 0.310. The minimum Gasteiger partial charge on any atom is -0.457 e. The largest absolute Gasteiger partial charge is 0.457 e.